The van der Waals surface area contributed by atoms with Crippen LogP contribution in [0.3, 0.4) is 0 Å². The number of carbonyl (C=O) groups excluding carboxylic acids is 6. The largest absolute Gasteiger partial charge is 0.480 e. The van der Waals surface area contributed by atoms with Gasteiger partial charge in [0.15, 0.2) is 5.96 Å². The van der Waals surface area contributed by atoms with Crippen molar-refractivity contribution in [3.05, 3.63) is 35.9 Å². The topological polar surface area (TPSA) is 290 Å². The van der Waals surface area contributed by atoms with Crippen LogP contribution in [0.1, 0.15) is 65.4 Å². The smallest absolute Gasteiger partial charge is 0.326 e. The van der Waals surface area contributed by atoms with Crippen LogP contribution in [0.4, 0.5) is 0 Å². The summed E-state index contributed by atoms with van der Waals surface area (Å²) in [7, 11) is 0. The van der Waals surface area contributed by atoms with Gasteiger partial charge >= 0.3 is 5.97 Å². The Morgan fingerprint density at radius 1 is 0.735 bits per heavy atom. The number of nitrogens with one attached hydrogen (secondary N) is 5. The molecular weight excluding hydrogens is 638 g/mol. The van der Waals surface area contributed by atoms with Crippen LogP contribution in [0.5, 0.6) is 0 Å². The number of hydrogen-bond donors (Lipinski definition) is 9. The second-order valence-corrected chi connectivity index (χ2v) is 12.5. The first-order chi connectivity index (χ1) is 23.0. The van der Waals surface area contributed by atoms with Crippen molar-refractivity contribution in [2.45, 2.75) is 96.4 Å². The zero-order chi connectivity index (χ0) is 37.1. The number of hydrogen-bond acceptors (Lipinski definition) is 8. The van der Waals surface area contributed by atoms with Crippen LogP contribution in [0.25, 0.3) is 0 Å². The average molecular weight is 690 g/mol. The fourth-order valence-electron chi connectivity index (χ4n) is 4.83. The molecule has 0 fully saturated rings. The van der Waals surface area contributed by atoms with Gasteiger partial charge in [0.1, 0.15) is 30.2 Å². The highest BCUT2D eigenvalue weighted by Gasteiger charge is 2.33. The monoisotopic (exact) mass is 689 g/mol. The molecule has 0 unspecified atom stereocenters. The van der Waals surface area contributed by atoms with Crippen LogP contribution < -0.4 is 43.8 Å². The van der Waals surface area contributed by atoms with Crippen molar-refractivity contribution >= 4 is 47.9 Å². The third-order valence-corrected chi connectivity index (χ3v) is 7.15. The standard InChI is InChI=1S/C32H51N9O8/c1-18(2)13-23(29(46)38-21(11-8-12-36-32(34)35)27(44)41-25(31(48)49)16-26(33)43)40-30(47)24(14-19(3)4)39-28(45)22(37-17-42)15-20-9-6-5-7-10-20/h5-7,9-10,17-19,21-25H,8,11-16H2,1-4H3,(H2,33,43)(H,37,42)(H,38,46)(H,39,45)(H,40,47)(H,41,44)(H,48,49)(H4,34,35,36)/t21-,22-,23-,24-,25-/m0/s1. The van der Waals surface area contributed by atoms with E-state index in [9.17, 15) is 38.7 Å². The summed E-state index contributed by atoms with van der Waals surface area (Å²) in [6, 6.07) is 2.84. The number of carboxylic acids is 1. The van der Waals surface area contributed by atoms with Gasteiger partial charge in [0.2, 0.25) is 35.9 Å². The van der Waals surface area contributed by atoms with E-state index >= 15 is 0 Å². The molecule has 0 spiro atoms. The van der Waals surface area contributed by atoms with E-state index in [0.29, 0.717) is 6.41 Å². The number of aliphatic imine (C=N–C) groups is 1. The van der Waals surface area contributed by atoms with Gasteiger partial charge in [0, 0.05) is 13.0 Å². The summed E-state index contributed by atoms with van der Waals surface area (Å²) in [5.74, 6) is -5.72. The zero-order valence-electron chi connectivity index (χ0n) is 28.4. The maximum absolute atomic E-state index is 13.6. The Morgan fingerprint density at radius 2 is 1.20 bits per heavy atom. The molecule has 0 radical (unpaired) electrons. The highest BCUT2D eigenvalue weighted by Crippen LogP contribution is 2.11. The maximum atomic E-state index is 13.6. The van der Waals surface area contributed by atoms with Gasteiger partial charge in [-0.25, -0.2) is 4.79 Å². The number of carboxylic acid groups (broad SMARTS) is 1. The quantitative estimate of drug-likeness (QED) is 0.0274. The Bertz CT molecular complexity index is 1300. The van der Waals surface area contributed by atoms with Gasteiger partial charge in [-0.1, -0.05) is 58.0 Å². The number of nitrogens with two attached hydrogens (primary N) is 3. The maximum Gasteiger partial charge on any atom is 0.326 e. The Balaban J connectivity index is 3.24. The number of aliphatic carboxylic acids is 1. The first-order valence-electron chi connectivity index (χ1n) is 16.1. The summed E-state index contributed by atoms with van der Waals surface area (Å²) in [5.41, 5.74) is 16.6. The number of carbonyl (C=O) groups is 7. The summed E-state index contributed by atoms with van der Waals surface area (Å²) in [4.78, 5) is 91.9. The van der Waals surface area contributed by atoms with Crippen molar-refractivity contribution in [2.75, 3.05) is 6.54 Å². The van der Waals surface area contributed by atoms with E-state index in [-0.39, 0.29) is 56.4 Å². The normalized spacial score (nSPS) is 13.9. The van der Waals surface area contributed by atoms with Crippen LogP contribution in [0.15, 0.2) is 35.3 Å². The van der Waals surface area contributed by atoms with Gasteiger partial charge in [0.25, 0.3) is 0 Å². The van der Waals surface area contributed by atoms with Crippen molar-refractivity contribution in [3.63, 3.8) is 0 Å². The molecule has 0 heterocycles. The fourth-order valence-corrected chi connectivity index (χ4v) is 4.83. The summed E-state index contributed by atoms with van der Waals surface area (Å²) < 4.78 is 0. The Morgan fingerprint density at radius 3 is 1.65 bits per heavy atom. The predicted molar refractivity (Wildman–Crippen MR) is 181 cm³/mol. The zero-order valence-corrected chi connectivity index (χ0v) is 28.4. The molecule has 1 rings (SSSR count). The fraction of sp³-hybridized carbons (Fsp3) is 0.562. The number of guanidine groups is 1. The molecular formula is C32H51N9O8. The lowest BCUT2D eigenvalue weighted by Gasteiger charge is -2.28. The highest BCUT2D eigenvalue weighted by molar-refractivity contribution is 5.96. The number of nitrogens with zero attached hydrogens (tertiary/aromatic N) is 1. The van der Waals surface area contributed by atoms with E-state index in [1.807, 2.05) is 33.8 Å². The van der Waals surface area contributed by atoms with Crippen LogP contribution in [-0.4, -0.2) is 89.7 Å². The lowest BCUT2D eigenvalue weighted by atomic mass is 9.99. The molecule has 1 aromatic rings. The second-order valence-electron chi connectivity index (χ2n) is 12.5. The number of primary amides is 1. The Labute approximate surface area is 286 Å². The molecule has 0 saturated heterocycles. The Hall–Kier alpha value is -5.22. The summed E-state index contributed by atoms with van der Waals surface area (Å²) >= 11 is 0. The van der Waals surface area contributed by atoms with Gasteiger partial charge in [-0.3, -0.25) is 33.8 Å². The van der Waals surface area contributed by atoms with E-state index in [0.717, 1.165) is 5.56 Å². The van der Waals surface area contributed by atoms with E-state index in [1.165, 1.54) is 0 Å². The third-order valence-electron chi connectivity index (χ3n) is 7.15. The molecule has 0 saturated carbocycles. The minimum atomic E-state index is -1.65. The average Bonchev–Trinajstić information content (AvgIpc) is 3.00. The molecule has 272 valence electrons. The molecule has 0 bridgehead atoms. The van der Waals surface area contributed by atoms with Gasteiger partial charge in [0.05, 0.1) is 6.42 Å². The molecule has 0 aliphatic rings. The minimum absolute atomic E-state index is 0.0296. The van der Waals surface area contributed by atoms with E-state index in [1.54, 1.807) is 24.3 Å². The molecule has 5 atom stereocenters. The van der Waals surface area contributed by atoms with E-state index in [4.69, 9.17) is 17.2 Å². The number of amides is 6. The Kier molecular flexibility index (Phi) is 18.4. The van der Waals surface area contributed by atoms with Crippen LogP contribution >= 0.6 is 0 Å². The molecule has 1 aromatic carbocycles. The second kappa shape index (κ2) is 21.6. The summed E-state index contributed by atoms with van der Waals surface area (Å²) in [5, 5.41) is 22.1. The molecule has 0 aromatic heterocycles. The SMILES string of the molecule is CC(C)C[C@H](NC(=O)[C@H](Cc1ccccc1)NC=O)C(=O)N[C@@H](CC(C)C)C(=O)N[C@@H](CCCN=C(N)N)C(=O)N[C@@H](CC(N)=O)C(=O)O. The van der Waals surface area contributed by atoms with Crippen molar-refractivity contribution in [3.8, 4) is 0 Å². The molecule has 49 heavy (non-hydrogen) atoms. The first kappa shape index (κ1) is 41.8. The van der Waals surface area contributed by atoms with Gasteiger partial charge in [-0.15, -0.1) is 0 Å². The lowest BCUT2D eigenvalue weighted by molar-refractivity contribution is -0.143. The van der Waals surface area contributed by atoms with Crippen LogP contribution in [-0.2, 0) is 40.0 Å². The number of benzene rings is 1. The number of rotatable bonds is 23. The first-order valence-corrected chi connectivity index (χ1v) is 16.1. The van der Waals surface area contributed by atoms with Crippen molar-refractivity contribution in [1.82, 2.24) is 26.6 Å². The van der Waals surface area contributed by atoms with Crippen molar-refractivity contribution in [2.24, 2.45) is 34.0 Å². The lowest BCUT2D eigenvalue weighted by Crippen LogP contribution is -2.59. The van der Waals surface area contributed by atoms with Gasteiger partial charge in [-0.2, -0.15) is 0 Å². The molecule has 12 N–H and O–H groups in total. The van der Waals surface area contributed by atoms with Crippen molar-refractivity contribution < 1.29 is 38.7 Å². The van der Waals surface area contributed by atoms with Crippen molar-refractivity contribution in [1.29, 1.82) is 0 Å². The van der Waals surface area contributed by atoms with Gasteiger partial charge < -0.3 is 48.9 Å². The van der Waals surface area contributed by atoms with Crippen LogP contribution in [0, 0.1) is 11.8 Å². The highest BCUT2D eigenvalue weighted by atomic mass is 16.4. The van der Waals surface area contributed by atoms with E-state index < -0.39 is 72.1 Å². The molecule has 0 aliphatic heterocycles. The third kappa shape index (κ3) is 17.0. The van der Waals surface area contributed by atoms with Crippen LogP contribution in [0.2, 0.25) is 0 Å². The molecule has 6 amide bonds. The minimum Gasteiger partial charge on any atom is -0.480 e. The molecule has 0 aliphatic carbocycles. The van der Waals surface area contributed by atoms with Gasteiger partial charge in [-0.05, 0) is 43.1 Å². The van der Waals surface area contributed by atoms with E-state index in [2.05, 4.69) is 31.6 Å². The predicted octanol–water partition coefficient (Wildman–Crippen LogP) is -1.61. The molecule has 17 nitrogen and oxygen atoms in total. The summed E-state index contributed by atoms with van der Waals surface area (Å²) in [6.07, 6.45) is 0.423. The molecule has 17 heteroatoms. The summed E-state index contributed by atoms with van der Waals surface area (Å²) in [6.45, 7) is 7.44.